The van der Waals surface area contributed by atoms with Gasteiger partial charge in [-0.25, -0.2) is 17.4 Å². The van der Waals surface area contributed by atoms with E-state index in [2.05, 4.69) is 10.3 Å². The summed E-state index contributed by atoms with van der Waals surface area (Å²) in [6, 6.07) is 19.8. The van der Waals surface area contributed by atoms with Crippen molar-refractivity contribution in [1.82, 2.24) is 13.9 Å². The van der Waals surface area contributed by atoms with Gasteiger partial charge in [-0.05, 0) is 30.2 Å². The summed E-state index contributed by atoms with van der Waals surface area (Å²) in [4.78, 5) is 18.9. The summed E-state index contributed by atoms with van der Waals surface area (Å²) in [7, 11) is -3.80. The maximum Gasteiger partial charge on any atom is 0.269 e. The van der Waals surface area contributed by atoms with Crippen molar-refractivity contribution in [1.29, 1.82) is 0 Å². The molecule has 2 aromatic heterocycles. The zero-order valence-electron chi connectivity index (χ0n) is 18.5. The first kappa shape index (κ1) is 22.0. The molecule has 1 unspecified atom stereocenters. The van der Waals surface area contributed by atoms with Crippen molar-refractivity contribution in [2.75, 3.05) is 17.6 Å². The number of aromatic nitrogens is 2. The second-order valence-corrected chi connectivity index (χ2v) is 10.2. The quantitative estimate of drug-likeness (QED) is 0.442. The maximum atomic E-state index is 13.2. The van der Waals surface area contributed by atoms with E-state index in [1.807, 2.05) is 35.2 Å². The Morgan fingerprint density at radius 2 is 1.74 bits per heavy atom. The number of pyridine rings is 1. The van der Waals surface area contributed by atoms with Crippen LogP contribution in [0.2, 0.25) is 0 Å². The number of likely N-dealkylation sites (tertiary alicyclic amines) is 1. The van der Waals surface area contributed by atoms with Gasteiger partial charge in [-0.2, -0.15) is 0 Å². The fourth-order valence-corrected chi connectivity index (χ4v) is 5.66. The molecular weight excluding hydrogens is 450 g/mol. The van der Waals surface area contributed by atoms with Crippen LogP contribution in [0.4, 0.5) is 11.4 Å². The van der Waals surface area contributed by atoms with Gasteiger partial charge in [0.25, 0.3) is 10.0 Å². The molecule has 174 valence electrons. The van der Waals surface area contributed by atoms with E-state index in [-0.39, 0.29) is 16.8 Å². The van der Waals surface area contributed by atoms with Crippen molar-refractivity contribution in [3.05, 3.63) is 84.7 Å². The molecule has 1 aliphatic heterocycles. The third kappa shape index (κ3) is 4.10. The molecule has 34 heavy (non-hydrogen) atoms. The summed E-state index contributed by atoms with van der Waals surface area (Å²) >= 11 is 0. The van der Waals surface area contributed by atoms with Gasteiger partial charge in [0.2, 0.25) is 5.91 Å². The SMILES string of the molecule is Nc1cnc2c(ccn2S(=O)(=O)c2ccccc2)c1NC1CCC(=O)N(Cc2ccccc2)C1. The molecule has 0 radical (unpaired) electrons. The summed E-state index contributed by atoms with van der Waals surface area (Å²) < 4.78 is 27.5. The minimum Gasteiger partial charge on any atom is -0.396 e. The fourth-order valence-electron chi connectivity index (χ4n) is 4.33. The van der Waals surface area contributed by atoms with E-state index >= 15 is 0 Å². The summed E-state index contributed by atoms with van der Waals surface area (Å²) in [5, 5.41) is 4.08. The largest absolute Gasteiger partial charge is 0.396 e. The number of benzene rings is 2. The molecule has 0 aliphatic carbocycles. The number of nitrogens with two attached hydrogens (primary N) is 1. The fraction of sp³-hybridized carbons (Fsp3) is 0.200. The first-order valence-corrected chi connectivity index (χ1v) is 12.5. The van der Waals surface area contributed by atoms with Crippen molar-refractivity contribution in [2.45, 2.75) is 30.3 Å². The summed E-state index contributed by atoms with van der Waals surface area (Å²) in [6.45, 7) is 1.07. The Bertz CT molecular complexity index is 1440. The molecule has 0 saturated carbocycles. The van der Waals surface area contributed by atoms with Crippen molar-refractivity contribution in [2.24, 2.45) is 0 Å². The standard InChI is InChI=1S/C25H25N5O3S/c26-22-15-27-25-21(13-14-30(25)34(32,33)20-9-5-2-6-10-20)24(22)28-19-11-12-23(31)29(17-19)16-18-7-3-1-4-8-18/h1-10,13-15,19H,11-12,16-17,26H2,(H,27,28). The van der Waals surface area contributed by atoms with E-state index in [1.54, 1.807) is 36.4 Å². The van der Waals surface area contributed by atoms with Crippen LogP contribution in [0.1, 0.15) is 18.4 Å². The molecule has 1 saturated heterocycles. The van der Waals surface area contributed by atoms with Gasteiger partial charge in [-0.1, -0.05) is 48.5 Å². The van der Waals surface area contributed by atoms with Gasteiger partial charge in [0.05, 0.1) is 22.5 Å². The predicted octanol–water partition coefficient (Wildman–Crippen LogP) is 3.46. The van der Waals surface area contributed by atoms with Crippen molar-refractivity contribution >= 4 is 38.3 Å². The van der Waals surface area contributed by atoms with Crippen LogP contribution in [0.15, 0.2) is 84.0 Å². The highest BCUT2D eigenvalue weighted by atomic mass is 32.2. The molecule has 4 aromatic rings. The highest BCUT2D eigenvalue weighted by molar-refractivity contribution is 7.90. The van der Waals surface area contributed by atoms with E-state index < -0.39 is 10.0 Å². The van der Waals surface area contributed by atoms with Gasteiger partial charge in [0.15, 0.2) is 5.65 Å². The molecule has 1 amide bonds. The highest BCUT2D eigenvalue weighted by Gasteiger charge is 2.27. The van der Waals surface area contributed by atoms with Gasteiger partial charge < -0.3 is 16.0 Å². The van der Waals surface area contributed by atoms with Crippen LogP contribution in [-0.4, -0.2) is 40.8 Å². The lowest BCUT2D eigenvalue weighted by Crippen LogP contribution is -2.45. The van der Waals surface area contributed by atoms with Gasteiger partial charge in [0.1, 0.15) is 0 Å². The number of nitrogens with one attached hydrogen (secondary N) is 1. The summed E-state index contributed by atoms with van der Waals surface area (Å²) in [5.41, 5.74) is 8.68. The van der Waals surface area contributed by atoms with E-state index in [4.69, 9.17) is 5.73 Å². The Kier molecular flexibility index (Phi) is 5.70. The first-order valence-electron chi connectivity index (χ1n) is 11.1. The van der Waals surface area contributed by atoms with Gasteiger partial charge in [-0.15, -0.1) is 0 Å². The average molecular weight is 476 g/mol. The molecule has 8 nitrogen and oxygen atoms in total. The van der Waals surface area contributed by atoms with Crippen LogP contribution in [0.3, 0.4) is 0 Å². The van der Waals surface area contributed by atoms with Crippen LogP contribution in [0.5, 0.6) is 0 Å². The van der Waals surface area contributed by atoms with Crippen LogP contribution < -0.4 is 11.1 Å². The van der Waals surface area contributed by atoms with E-state index in [9.17, 15) is 13.2 Å². The maximum absolute atomic E-state index is 13.2. The Morgan fingerprint density at radius 3 is 2.47 bits per heavy atom. The van der Waals surface area contributed by atoms with Gasteiger partial charge >= 0.3 is 0 Å². The second kappa shape index (κ2) is 8.83. The number of piperidine rings is 1. The molecule has 3 heterocycles. The molecule has 0 spiro atoms. The molecule has 9 heteroatoms. The van der Waals surface area contributed by atoms with Gasteiger partial charge in [-0.3, -0.25) is 4.79 Å². The minimum atomic E-state index is -3.80. The molecule has 1 atom stereocenters. The zero-order valence-corrected chi connectivity index (χ0v) is 19.3. The lowest BCUT2D eigenvalue weighted by molar-refractivity contribution is -0.134. The number of carbonyl (C=O) groups excluding carboxylic acids is 1. The number of rotatable bonds is 6. The first-order chi connectivity index (χ1) is 16.4. The number of hydrogen-bond donors (Lipinski definition) is 2. The summed E-state index contributed by atoms with van der Waals surface area (Å²) in [5.74, 6) is 0.120. The number of nitrogens with zero attached hydrogens (tertiary/aromatic N) is 3. The van der Waals surface area contributed by atoms with Crippen molar-refractivity contribution < 1.29 is 13.2 Å². The Balaban J connectivity index is 1.43. The smallest absolute Gasteiger partial charge is 0.269 e. The van der Waals surface area contributed by atoms with Crippen LogP contribution in [-0.2, 0) is 21.4 Å². The predicted molar refractivity (Wildman–Crippen MR) is 132 cm³/mol. The van der Waals surface area contributed by atoms with E-state index in [0.717, 1.165) is 5.56 Å². The minimum absolute atomic E-state index is 0.0246. The lowest BCUT2D eigenvalue weighted by atomic mass is 10.0. The molecule has 1 fully saturated rings. The molecule has 3 N–H and O–H groups in total. The third-order valence-corrected chi connectivity index (χ3v) is 7.76. The molecule has 5 rings (SSSR count). The van der Waals surface area contributed by atoms with Crippen molar-refractivity contribution in [3.63, 3.8) is 0 Å². The monoisotopic (exact) mass is 475 g/mol. The van der Waals surface area contributed by atoms with Crippen molar-refractivity contribution in [3.8, 4) is 0 Å². The topological polar surface area (TPSA) is 110 Å². The van der Waals surface area contributed by atoms with Gasteiger partial charge in [0, 0.05) is 37.1 Å². The Hall–Kier alpha value is -3.85. The van der Waals surface area contributed by atoms with E-state index in [1.165, 1.54) is 16.4 Å². The number of amides is 1. The normalized spacial score (nSPS) is 16.6. The number of nitrogen functional groups attached to an aromatic ring is 1. The Labute approximate surface area is 198 Å². The highest BCUT2D eigenvalue weighted by Crippen LogP contribution is 2.32. The number of hydrogen-bond acceptors (Lipinski definition) is 6. The third-order valence-electron chi connectivity index (χ3n) is 6.08. The van der Waals surface area contributed by atoms with Crippen LogP contribution >= 0.6 is 0 Å². The molecule has 0 bridgehead atoms. The Morgan fingerprint density at radius 1 is 1.03 bits per heavy atom. The number of fused-ring (bicyclic) bond motifs is 1. The van der Waals surface area contributed by atoms with Crippen LogP contribution in [0.25, 0.3) is 11.0 Å². The second-order valence-electron chi connectivity index (χ2n) is 8.40. The molecule has 1 aliphatic rings. The van der Waals surface area contributed by atoms with E-state index in [0.29, 0.717) is 48.3 Å². The average Bonchev–Trinajstić information content (AvgIpc) is 3.29. The number of anilines is 2. The lowest BCUT2D eigenvalue weighted by Gasteiger charge is -2.34. The number of carbonyl (C=O) groups is 1. The molecule has 2 aromatic carbocycles. The summed E-state index contributed by atoms with van der Waals surface area (Å²) in [6.07, 6.45) is 4.06. The molecular formula is C25H25N5O3S. The zero-order chi connectivity index (χ0) is 23.7. The van der Waals surface area contributed by atoms with Crippen LogP contribution in [0, 0.1) is 0 Å².